The van der Waals surface area contributed by atoms with E-state index in [1.165, 1.54) is 19.3 Å². The zero-order chi connectivity index (χ0) is 14.4. The van der Waals surface area contributed by atoms with Crippen LogP contribution in [0.25, 0.3) is 11.0 Å². The summed E-state index contributed by atoms with van der Waals surface area (Å²) in [6.45, 7) is 1.31. The molecule has 0 saturated carbocycles. The minimum atomic E-state index is -0.0138. The average molecular weight is 300 g/mol. The van der Waals surface area contributed by atoms with Crippen LogP contribution in [0.15, 0.2) is 18.2 Å². The number of hydrogen-bond acceptors (Lipinski definition) is 3. The van der Waals surface area contributed by atoms with E-state index in [1.807, 2.05) is 12.1 Å². The Morgan fingerprint density at radius 2 is 2.14 bits per heavy atom. The second-order valence-electron chi connectivity index (χ2n) is 5.55. The zero-order valence-corrected chi connectivity index (χ0v) is 12.4. The van der Waals surface area contributed by atoms with Gasteiger partial charge in [-0.3, -0.25) is 9.69 Å². The molecule has 1 aromatic heterocycles. The monoisotopic (exact) mass is 300 g/mol. The van der Waals surface area contributed by atoms with Crippen LogP contribution < -0.4 is 10.2 Å². The Morgan fingerprint density at radius 3 is 2.95 bits per heavy atom. The Bertz CT molecular complexity index is 735. The van der Waals surface area contributed by atoms with Gasteiger partial charge in [-0.15, -0.1) is 0 Å². The maximum atomic E-state index is 11.9. The quantitative estimate of drug-likeness (QED) is 0.818. The van der Waals surface area contributed by atoms with Gasteiger partial charge >= 0.3 is 0 Å². The van der Waals surface area contributed by atoms with Crippen molar-refractivity contribution >= 4 is 40.0 Å². The van der Waals surface area contributed by atoms with Gasteiger partial charge in [0.1, 0.15) is 5.82 Å². The van der Waals surface area contributed by atoms with Crippen molar-refractivity contribution in [3.05, 3.63) is 24.0 Å². The molecule has 1 amide bonds. The van der Waals surface area contributed by atoms with E-state index < -0.39 is 0 Å². The largest absolute Gasteiger partial charge is 0.353 e. The Balaban J connectivity index is 1.80. The molecule has 2 aliphatic heterocycles. The van der Waals surface area contributed by atoms with E-state index in [1.54, 1.807) is 4.90 Å². The maximum absolute atomic E-state index is 11.9. The van der Waals surface area contributed by atoms with Gasteiger partial charge in [0.2, 0.25) is 0 Å². The van der Waals surface area contributed by atoms with E-state index in [9.17, 15) is 4.79 Å². The third-order valence-electron chi connectivity index (χ3n) is 4.19. The first-order valence-electron chi connectivity index (χ1n) is 7.34. The van der Waals surface area contributed by atoms with E-state index in [2.05, 4.69) is 16.0 Å². The summed E-state index contributed by atoms with van der Waals surface area (Å²) in [7, 11) is 0. The molecule has 0 spiro atoms. The first-order valence-corrected chi connectivity index (χ1v) is 7.75. The van der Waals surface area contributed by atoms with Crippen LogP contribution in [0.4, 0.5) is 5.69 Å². The minimum Gasteiger partial charge on any atom is -0.353 e. The molecule has 0 atom stereocenters. The van der Waals surface area contributed by atoms with Crippen LogP contribution in [0.3, 0.4) is 0 Å². The highest BCUT2D eigenvalue weighted by molar-refractivity contribution is 7.80. The van der Waals surface area contributed by atoms with Gasteiger partial charge in [0.15, 0.2) is 5.11 Å². The van der Waals surface area contributed by atoms with Crippen LogP contribution in [0.2, 0.25) is 0 Å². The van der Waals surface area contributed by atoms with Crippen molar-refractivity contribution in [3.8, 4) is 0 Å². The second kappa shape index (κ2) is 4.80. The summed E-state index contributed by atoms with van der Waals surface area (Å²) in [4.78, 5) is 18.2. The maximum Gasteiger partial charge on any atom is 0.252 e. The molecule has 2 aliphatic rings. The number of fused-ring (bicyclic) bond motifs is 3. The lowest BCUT2D eigenvalue weighted by atomic mass is 10.2. The lowest BCUT2D eigenvalue weighted by molar-refractivity contribution is -0.115. The van der Waals surface area contributed by atoms with Crippen LogP contribution >= 0.6 is 12.2 Å². The molecule has 1 aromatic carbocycles. The number of nitrogens with zero attached hydrogens (tertiary/aromatic N) is 3. The SMILES string of the molecule is O=C1CNC(=S)N1c1ccc2c(c1)nc1n2CCCCC1. The summed E-state index contributed by atoms with van der Waals surface area (Å²) in [6, 6.07) is 5.98. The van der Waals surface area contributed by atoms with Crippen molar-refractivity contribution in [2.24, 2.45) is 0 Å². The fraction of sp³-hybridized carbons (Fsp3) is 0.400. The lowest BCUT2D eigenvalue weighted by Gasteiger charge is -2.14. The van der Waals surface area contributed by atoms with Gasteiger partial charge in [0.05, 0.1) is 23.3 Å². The molecule has 3 heterocycles. The highest BCUT2D eigenvalue weighted by Crippen LogP contribution is 2.27. The van der Waals surface area contributed by atoms with Crippen molar-refractivity contribution in [1.82, 2.24) is 14.9 Å². The number of carbonyl (C=O) groups is 1. The van der Waals surface area contributed by atoms with Crippen LogP contribution in [0.5, 0.6) is 0 Å². The number of rotatable bonds is 1. The number of nitrogens with one attached hydrogen (secondary N) is 1. The number of hydrogen-bond donors (Lipinski definition) is 1. The number of imidazole rings is 1. The molecule has 5 nitrogen and oxygen atoms in total. The van der Waals surface area contributed by atoms with Crippen molar-refractivity contribution in [2.45, 2.75) is 32.2 Å². The molecule has 1 N–H and O–H groups in total. The van der Waals surface area contributed by atoms with Gasteiger partial charge in [0, 0.05) is 13.0 Å². The minimum absolute atomic E-state index is 0.0138. The molecule has 0 bridgehead atoms. The Hall–Kier alpha value is -1.95. The summed E-state index contributed by atoms with van der Waals surface area (Å²) in [5.74, 6) is 1.15. The van der Waals surface area contributed by atoms with E-state index in [0.717, 1.165) is 35.5 Å². The lowest BCUT2D eigenvalue weighted by Crippen LogP contribution is -2.30. The summed E-state index contributed by atoms with van der Waals surface area (Å²) in [6.07, 6.45) is 4.71. The van der Waals surface area contributed by atoms with Crippen molar-refractivity contribution < 1.29 is 4.79 Å². The fourth-order valence-corrected chi connectivity index (χ4v) is 3.44. The summed E-state index contributed by atoms with van der Waals surface area (Å²) in [5, 5.41) is 3.38. The predicted molar refractivity (Wildman–Crippen MR) is 85.4 cm³/mol. The highest BCUT2D eigenvalue weighted by Gasteiger charge is 2.27. The number of aryl methyl sites for hydroxylation is 2. The molecule has 4 rings (SSSR count). The number of amides is 1. The predicted octanol–water partition coefficient (Wildman–Crippen LogP) is 1.98. The molecular weight excluding hydrogens is 284 g/mol. The van der Waals surface area contributed by atoms with Crippen molar-refractivity contribution in [1.29, 1.82) is 0 Å². The van der Waals surface area contributed by atoms with Crippen molar-refractivity contribution in [3.63, 3.8) is 0 Å². The molecule has 2 aromatic rings. The number of carbonyl (C=O) groups excluding carboxylic acids is 1. The fourth-order valence-electron chi connectivity index (χ4n) is 3.16. The summed E-state index contributed by atoms with van der Waals surface area (Å²) in [5.41, 5.74) is 2.91. The first kappa shape index (κ1) is 12.8. The van der Waals surface area contributed by atoms with Crippen LogP contribution in [-0.2, 0) is 17.8 Å². The molecule has 0 aliphatic carbocycles. The molecule has 6 heteroatoms. The highest BCUT2D eigenvalue weighted by atomic mass is 32.1. The smallest absolute Gasteiger partial charge is 0.252 e. The van der Waals surface area contributed by atoms with E-state index in [-0.39, 0.29) is 12.5 Å². The van der Waals surface area contributed by atoms with Gasteiger partial charge in [0.25, 0.3) is 5.91 Å². The summed E-state index contributed by atoms with van der Waals surface area (Å²) >= 11 is 5.20. The first-order chi connectivity index (χ1) is 10.2. The molecule has 108 valence electrons. The summed E-state index contributed by atoms with van der Waals surface area (Å²) < 4.78 is 2.31. The standard InChI is InChI=1S/C15H16N4OS/c20-14-9-16-15(21)19(14)10-5-6-12-11(8-10)17-13-4-2-1-3-7-18(12)13/h5-6,8H,1-4,7,9H2,(H,16,21). The number of benzene rings is 1. The van der Waals surface area contributed by atoms with Gasteiger partial charge in [-0.05, 0) is 43.3 Å². The van der Waals surface area contributed by atoms with Crippen molar-refractivity contribution in [2.75, 3.05) is 11.4 Å². The Kier molecular flexibility index (Phi) is 2.92. The van der Waals surface area contributed by atoms with Crippen LogP contribution in [0.1, 0.15) is 25.1 Å². The van der Waals surface area contributed by atoms with Crippen LogP contribution in [-0.4, -0.2) is 27.1 Å². The van der Waals surface area contributed by atoms with Crippen LogP contribution in [0, 0.1) is 0 Å². The van der Waals surface area contributed by atoms with Gasteiger partial charge < -0.3 is 9.88 Å². The Morgan fingerprint density at radius 1 is 1.24 bits per heavy atom. The zero-order valence-electron chi connectivity index (χ0n) is 11.6. The number of thiocarbonyl (C=S) groups is 1. The van der Waals surface area contributed by atoms with E-state index in [4.69, 9.17) is 17.2 Å². The third kappa shape index (κ3) is 2.01. The van der Waals surface area contributed by atoms with Gasteiger partial charge in [-0.1, -0.05) is 6.42 Å². The molecule has 1 saturated heterocycles. The van der Waals surface area contributed by atoms with E-state index >= 15 is 0 Å². The molecule has 0 radical (unpaired) electrons. The topological polar surface area (TPSA) is 50.2 Å². The van der Waals surface area contributed by atoms with Gasteiger partial charge in [-0.2, -0.15) is 0 Å². The molecular formula is C15H16N4OS. The molecule has 21 heavy (non-hydrogen) atoms. The number of aromatic nitrogens is 2. The Labute approximate surface area is 127 Å². The number of anilines is 1. The third-order valence-corrected chi connectivity index (χ3v) is 4.52. The second-order valence-corrected chi connectivity index (χ2v) is 5.94. The average Bonchev–Trinajstić information content (AvgIpc) is 2.89. The van der Waals surface area contributed by atoms with E-state index in [0.29, 0.717) is 5.11 Å². The van der Waals surface area contributed by atoms with Gasteiger partial charge in [-0.25, -0.2) is 4.98 Å². The molecule has 0 unspecified atom stereocenters. The molecule has 1 fully saturated rings. The normalized spacial score (nSPS) is 18.8.